The van der Waals surface area contributed by atoms with E-state index in [0.29, 0.717) is 0 Å². The van der Waals surface area contributed by atoms with Gasteiger partial charge in [0.2, 0.25) is 0 Å². The first kappa shape index (κ1) is 11.9. The molecule has 0 bridgehead atoms. The van der Waals surface area contributed by atoms with Crippen LogP contribution in [0, 0.1) is 22.7 Å². The molecule has 0 aromatic rings. The predicted molar refractivity (Wildman–Crippen MR) is 65.0 cm³/mol. The summed E-state index contributed by atoms with van der Waals surface area (Å²) in [4.78, 5) is 4.77. The minimum absolute atomic E-state index is 0.0290. The fourth-order valence-electron chi connectivity index (χ4n) is 2.72. The van der Waals surface area contributed by atoms with Crippen molar-refractivity contribution >= 4 is 0 Å². The van der Waals surface area contributed by atoms with Gasteiger partial charge >= 0.3 is 0 Å². The van der Waals surface area contributed by atoms with E-state index in [9.17, 15) is 0 Å². The van der Waals surface area contributed by atoms with Crippen molar-refractivity contribution in [2.24, 2.45) is 11.3 Å². The van der Waals surface area contributed by atoms with Crippen LogP contribution in [0.1, 0.15) is 25.7 Å². The average molecular weight is 221 g/mol. The highest BCUT2D eigenvalue weighted by Crippen LogP contribution is 2.45. The van der Waals surface area contributed by atoms with Gasteiger partial charge in [0, 0.05) is 13.1 Å². The monoisotopic (exact) mass is 221 g/mol. The second kappa shape index (κ2) is 4.73. The van der Waals surface area contributed by atoms with E-state index in [2.05, 4.69) is 30.0 Å². The molecular formula is C13H23N3. The molecule has 3 nitrogen and oxygen atoms in total. The van der Waals surface area contributed by atoms with Crippen LogP contribution < -0.4 is 0 Å². The van der Waals surface area contributed by atoms with Crippen molar-refractivity contribution in [2.75, 3.05) is 40.3 Å². The van der Waals surface area contributed by atoms with Crippen LogP contribution >= 0.6 is 0 Å². The van der Waals surface area contributed by atoms with Gasteiger partial charge in [0.25, 0.3) is 0 Å². The van der Waals surface area contributed by atoms with Gasteiger partial charge in [0.1, 0.15) is 0 Å². The first-order chi connectivity index (χ1) is 7.63. The Kier molecular flexibility index (Phi) is 3.51. The van der Waals surface area contributed by atoms with Crippen LogP contribution in [-0.2, 0) is 0 Å². The molecule has 0 spiro atoms. The largest absolute Gasteiger partial charge is 0.306 e. The molecule has 16 heavy (non-hydrogen) atoms. The Morgan fingerprint density at radius 2 is 2.25 bits per heavy atom. The van der Waals surface area contributed by atoms with Crippen LogP contribution in [-0.4, -0.2) is 50.1 Å². The van der Waals surface area contributed by atoms with E-state index in [1.807, 2.05) is 0 Å². The fourth-order valence-corrected chi connectivity index (χ4v) is 2.72. The molecule has 1 unspecified atom stereocenters. The zero-order valence-electron chi connectivity index (χ0n) is 10.6. The first-order valence-electron chi connectivity index (χ1n) is 6.42. The SMILES string of the molecule is CN1CCC(CCN(C)CC2(C#N)CC2)C1. The molecule has 0 radical (unpaired) electrons. The van der Waals surface area contributed by atoms with Gasteiger partial charge in [-0.1, -0.05) is 0 Å². The summed E-state index contributed by atoms with van der Waals surface area (Å²) in [6.45, 7) is 4.65. The summed E-state index contributed by atoms with van der Waals surface area (Å²) in [6.07, 6.45) is 4.87. The van der Waals surface area contributed by atoms with Crippen LogP contribution in [0.2, 0.25) is 0 Å². The highest BCUT2D eigenvalue weighted by Gasteiger charge is 2.43. The van der Waals surface area contributed by atoms with Crippen LogP contribution in [0.15, 0.2) is 0 Å². The number of hydrogen-bond donors (Lipinski definition) is 0. The predicted octanol–water partition coefficient (Wildman–Crippen LogP) is 1.56. The topological polar surface area (TPSA) is 30.3 Å². The van der Waals surface area contributed by atoms with Crippen LogP contribution in [0.5, 0.6) is 0 Å². The minimum Gasteiger partial charge on any atom is -0.306 e. The lowest BCUT2D eigenvalue weighted by molar-refractivity contribution is 0.268. The van der Waals surface area contributed by atoms with Gasteiger partial charge in [0.15, 0.2) is 0 Å². The normalized spacial score (nSPS) is 28.2. The third-order valence-electron chi connectivity index (χ3n) is 4.07. The zero-order valence-corrected chi connectivity index (χ0v) is 10.6. The summed E-state index contributed by atoms with van der Waals surface area (Å²) in [5, 5.41) is 9.04. The highest BCUT2D eigenvalue weighted by atomic mass is 15.1. The number of likely N-dealkylation sites (tertiary alicyclic amines) is 1. The number of nitriles is 1. The maximum atomic E-state index is 9.04. The summed E-state index contributed by atoms with van der Waals surface area (Å²) < 4.78 is 0. The molecule has 0 amide bonds. The third-order valence-corrected chi connectivity index (χ3v) is 4.07. The zero-order chi connectivity index (χ0) is 11.6. The Morgan fingerprint density at radius 1 is 1.50 bits per heavy atom. The molecule has 0 aromatic heterocycles. The van der Waals surface area contributed by atoms with E-state index in [1.54, 1.807) is 0 Å². The summed E-state index contributed by atoms with van der Waals surface area (Å²) in [5.41, 5.74) is 0.0290. The summed E-state index contributed by atoms with van der Waals surface area (Å²) >= 11 is 0. The van der Waals surface area contributed by atoms with Crippen LogP contribution in [0.3, 0.4) is 0 Å². The average Bonchev–Trinajstić information content (AvgIpc) is 2.91. The fraction of sp³-hybridized carbons (Fsp3) is 0.923. The third kappa shape index (κ3) is 2.96. The molecule has 1 heterocycles. The quantitative estimate of drug-likeness (QED) is 0.706. The number of hydrogen-bond acceptors (Lipinski definition) is 3. The summed E-state index contributed by atoms with van der Waals surface area (Å²) in [6, 6.07) is 2.47. The second-order valence-corrected chi connectivity index (χ2v) is 5.84. The molecule has 3 heteroatoms. The molecular weight excluding hydrogens is 198 g/mol. The standard InChI is InChI=1S/C13H23N3/c1-15-7-3-12(9-15)4-8-16(2)11-13(10-14)5-6-13/h12H,3-9,11H2,1-2H3. The molecule has 0 N–H and O–H groups in total. The molecule has 1 aliphatic carbocycles. The molecule has 1 saturated carbocycles. The van der Waals surface area contributed by atoms with Gasteiger partial charge in [-0.2, -0.15) is 5.26 Å². The smallest absolute Gasteiger partial charge is 0.0703 e. The summed E-state index contributed by atoms with van der Waals surface area (Å²) in [7, 11) is 4.37. The van der Waals surface area contributed by atoms with E-state index < -0.39 is 0 Å². The second-order valence-electron chi connectivity index (χ2n) is 5.84. The van der Waals surface area contributed by atoms with Gasteiger partial charge < -0.3 is 9.80 Å². The Labute approximate surface area is 99.0 Å². The maximum absolute atomic E-state index is 9.04. The Balaban J connectivity index is 1.64. The van der Waals surface area contributed by atoms with E-state index in [-0.39, 0.29) is 5.41 Å². The van der Waals surface area contributed by atoms with Crippen LogP contribution in [0.4, 0.5) is 0 Å². The van der Waals surface area contributed by atoms with Crippen molar-refractivity contribution < 1.29 is 0 Å². The summed E-state index contributed by atoms with van der Waals surface area (Å²) in [5.74, 6) is 0.879. The molecule has 90 valence electrons. The maximum Gasteiger partial charge on any atom is 0.0703 e. The van der Waals surface area contributed by atoms with Crippen molar-refractivity contribution in [3.8, 4) is 6.07 Å². The van der Waals surface area contributed by atoms with E-state index in [1.165, 1.54) is 25.9 Å². The Hall–Kier alpha value is -0.590. The molecule has 2 aliphatic rings. The number of nitrogens with zero attached hydrogens (tertiary/aromatic N) is 3. The van der Waals surface area contributed by atoms with Gasteiger partial charge in [-0.15, -0.1) is 0 Å². The van der Waals surface area contributed by atoms with Gasteiger partial charge in [-0.25, -0.2) is 0 Å². The molecule has 1 aliphatic heterocycles. The first-order valence-corrected chi connectivity index (χ1v) is 6.42. The molecule has 2 rings (SSSR count). The van der Waals surface area contributed by atoms with Crippen molar-refractivity contribution in [3.05, 3.63) is 0 Å². The van der Waals surface area contributed by atoms with Crippen molar-refractivity contribution in [3.63, 3.8) is 0 Å². The van der Waals surface area contributed by atoms with Crippen molar-refractivity contribution in [1.82, 2.24) is 9.80 Å². The Morgan fingerprint density at radius 3 is 2.75 bits per heavy atom. The highest BCUT2D eigenvalue weighted by molar-refractivity contribution is 5.11. The van der Waals surface area contributed by atoms with Gasteiger partial charge in [-0.05, 0) is 58.8 Å². The minimum atomic E-state index is 0.0290. The van der Waals surface area contributed by atoms with Crippen LogP contribution in [0.25, 0.3) is 0 Å². The van der Waals surface area contributed by atoms with E-state index in [4.69, 9.17) is 5.26 Å². The molecule has 1 saturated heterocycles. The molecule has 2 fully saturated rings. The van der Waals surface area contributed by atoms with Crippen molar-refractivity contribution in [2.45, 2.75) is 25.7 Å². The Bertz CT molecular complexity index is 277. The molecule has 1 atom stereocenters. The van der Waals surface area contributed by atoms with E-state index >= 15 is 0 Å². The van der Waals surface area contributed by atoms with E-state index in [0.717, 1.165) is 31.8 Å². The van der Waals surface area contributed by atoms with Crippen molar-refractivity contribution in [1.29, 1.82) is 5.26 Å². The number of rotatable bonds is 5. The van der Waals surface area contributed by atoms with Gasteiger partial charge in [0.05, 0.1) is 11.5 Å². The lowest BCUT2D eigenvalue weighted by Gasteiger charge is -2.21. The molecule has 0 aromatic carbocycles. The lowest BCUT2D eigenvalue weighted by atomic mass is 10.0. The lowest BCUT2D eigenvalue weighted by Crippen LogP contribution is -2.28. The van der Waals surface area contributed by atoms with Gasteiger partial charge in [-0.3, -0.25) is 0 Å².